The van der Waals surface area contributed by atoms with Gasteiger partial charge in [0.15, 0.2) is 0 Å². The van der Waals surface area contributed by atoms with Gasteiger partial charge in [-0.15, -0.1) is 0 Å². The standard InChI is InChI=1S/C7H14N2/c1-3-7(2)4-5-8-9-6-7/h6,8H,3-5H2,1-2H3. The molecule has 1 N–H and O–H groups in total. The van der Waals surface area contributed by atoms with Crippen molar-refractivity contribution >= 4 is 6.21 Å². The first-order valence-electron chi connectivity index (χ1n) is 3.54. The van der Waals surface area contributed by atoms with Crippen molar-refractivity contribution in [3.8, 4) is 0 Å². The molecule has 1 rings (SSSR count). The highest BCUT2D eigenvalue weighted by atomic mass is 15.3. The van der Waals surface area contributed by atoms with E-state index in [4.69, 9.17) is 0 Å². The highest BCUT2D eigenvalue weighted by Crippen LogP contribution is 2.23. The van der Waals surface area contributed by atoms with Crippen LogP contribution in [0, 0.1) is 5.41 Å². The Labute approximate surface area is 56.3 Å². The van der Waals surface area contributed by atoms with E-state index in [0.29, 0.717) is 5.41 Å². The molecule has 1 atom stereocenters. The molecule has 1 unspecified atom stereocenters. The average molecular weight is 126 g/mol. The summed E-state index contributed by atoms with van der Waals surface area (Å²) in [6, 6.07) is 0. The second kappa shape index (κ2) is 2.38. The van der Waals surface area contributed by atoms with E-state index >= 15 is 0 Å². The predicted octanol–water partition coefficient (Wildman–Crippen LogP) is 1.38. The highest BCUT2D eigenvalue weighted by Gasteiger charge is 2.20. The summed E-state index contributed by atoms with van der Waals surface area (Å²) in [6.07, 6.45) is 4.43. The Kier molecular flexibility index (Phi) is 1.74. The van der Waals surface area contributed by atoms with Gasteiger partial charge in [-0.25, -0.2) is 0 Å². The summed E-state index contributed by atoms with van der Waals surface area (Å²) in [5.74, 6) is 0. The van der Waals surface area contributed by atoms with Crippen molar-refractivity contribution in [2.45, 2.75) is 26.7 Å². The van der Waals surface area contributed by atoms with Crippen LogP contribution in [0.25, 0.3) is 0 Å². The van der Waals surface area contributed by atoms with Crippen LogP contribution in [0.1, 0.15) is 26.7 Å². The number of nitrogens with one attached hydrogen (secondary N) is 1. The maximum Gasteiger partial charge on any atom is 0.0338 e. The smallest absolute Gasteiger partial charge is 0.0338 e. The molecule has 1 aliphatic rings. The molecule has 9 heavy (non-hydrogen) atoms. The van der Waals surface area contributed by atoms with E-state index in [0.717, 1.165) is 6.54 Å². The first-order chi connectivity index (χ1) is 4.27. The van der Waals surface area contributed by atoms with E-state index in [1.807, 2.05) is 6.21 Å². The molecular formula is C7H14N2. The number of nitrogens with zero attached hydrogens (tertiary/aromatic N) is 1. The monoisotopic (exact) mass is 126 g/mol. The third-order valence-corrected chi connectivity index (χ3v) is 2.08. The molecule has 0 saturated heterocycles. The topological polar surface area (TPSA) is 24.4 Å². The summed E-state index contributed by atoms with van der Waals surface area (Å²) in [6.45, 7) is 5.48. The molecule has 0 aliphatic carbocycles. The van der Waals surface area contributed by atoms with Gasteiger partial charge in [-0.2, -0.15) is 5.10 Å². The summed E-state index contributed by atoms with van der Waals surface area (Å²) in [7, 11) is 0. The zero-order chi connectivity index (χ0) is 6.74. The summed E-state index contributed by atoms with van der Waals surface area (Å²) in [5, 5.41) is 4.03. The lowest BCUT2D eigenvalue weighted by Crippen LogP contribution is -2.28. The summed E-state index contributed by atoms with van der Waals surface area (Å²) >= 11 is 0. The van der Waals surface area contributed by atoms with Gasteiger partial charge in [0.2, 0.25) is 0 Å². The van der Waals surface area contributed by atoms with Crippen LogP contribution in [0.3, 0.4) is 0 Å². The minimum Gasteiger partial charge on any atom is -0.310 e. The predicted molar refractivity (Wildman–Crippen MR) is 39.5 cm³/mol. The van der Waals surface area contributed by atoms with Crippen molar-refractivity contribution < 1.29 is 0 Å². The van der Waals surface area contributed by atoms with E-state index in [-0.39, 0.29) is 0 Å². The molecule has 0 radical (unpaired) electrons. The van der Waals surface area contributed by atoms with Crippen molar-refractivity contribution in [2.24, 2.45) is 10.5 Å². The Morgan fingerprint density at radius 1 is 1.78 bits per heavy atom. The van der Waals surface area contributed by atoms with Crippen LogP contribution < -0.4 is 5.43 Å². The summed E-state index contributed by atoms with van der Waals surface area (Å²) < 4.78 is 0. The van der Waals surface area contributed by atoms with Gasteiger partial charge in [0.1, 0.15) is 0 Å². The third kappa shape index (κ3) is 1.44. The lowest BCUT2D eigenvalue weighted by molar-refractivity contribution is 0.388. The number of hydrogen-bond donors (Lipinski definition) is 1. The molecule has 1 heterocycles. The Balaban J connectivity index is 2.56. The van der Waals surface area contributed by atoms with Crippen molar-refractivity contribution in [2.75, 3.05) is 6.54 Å². The van der Waals surface area contributed by atoms with Crippen LogP contribution in [0.4, 0.5) is 0 Å². The Bertz CT molecular complexity index is 120. The van der Waals surface area contributed by atoms with Gasteiger partial charge in [0, 0.05) is 18.2 Å². The molecule has 2 heteroatoms. The highest BCUT2D eigenvalue weighted by molar-refractivity contribution is 5.65. The summed E-state index contributed by atoms with van der Waals surface area (Å²) in [5.41, 5.74) is 3.31. The normalized spacial score (nSPS) is 34.0. The van der Waals surface area contributed by atoms with Crippen LogP contribution in [0.5, 0.6) is 0 Å². The number of hydrogen-bond acceptors (Lipinski definition) is 2. The van der Waals surface area contributed by atoms with E-state index in [9.17, 15) is 0 Å². The Hall–Kier alpha value is -0.530. The van der Waals surface area contributed by atoms with Crippen LogP contribution in [-0.2, 0) is 0 Å². The van der Waals surface area contributed by atoms with E-state index in [1.165, 1.54) is 12.8 Å². The lowest BCUT2D eigenvalue weighted by Gasteiger charge is -2.26. The van der Waals surface area contributed by atoms with E-state index in [1.54, 1.807) is 0 Å². The van der Waals surface area contributed by atoms with Crippen LogP contribution in [0.2, 0.25) is 0 Å². The van der Waals surface area contributed by atoms with Crippen molar-refractivity contribution in [1.82, 2.24) is 5.43 Å². The van der Waals surface area contributed by atoms with E-state index in [2.05, 4.69) is 24.4 Å². The molecule has 0 fully saturated rings. The van der Waals surface area contributed by atoms with Gasteiger partial charge in [-0.05, 0) is 12.8 Å². The first-order valence-corrected chi connectivity index (χ1v) is 3.54. The van der Waals surface area contributed by atoms with Crippen molar-refractivity contribution in [1.29, 1.82) is 0 Å². The SMILES string of the molecule is CCC1(C)C=NNCC1. The summed E-state index contributed by atoms with van der Waals surface area (Å²) in [4.78, 5) is 0. The lowest BCUT2D eigenvalue weighted by atomic mass is 9.85. The fourth-order valence-corrected chi connectivity index (χ4v) is 0.940. The largest absolute Gasteiger partial charge is 0.310 e. The molecule has 2 nitrogen and oxygen atoms in total. The van der Waals surface area contributed by atoms with Gasteiger partial charge in [-0.3, -0.25) is 0 Å². The fraction of sp³-hybridized carbons (Fsp3) is 0.857. The molecule has 0 amide bonds. The van der Waals surface area contributed by atoms with Gasteiger partial charge in [0.25, 0.3) is 0 Å². The van der Waals surface area contributed by atoms with E-state index < -0.39 is 0 Å². The van der Waals surface area contributed by atoms with Crippen molar-refractivity contribution in [3.63, 3.8) is 0 Å². The maximum atomic E-state index is 4.03. The van der Waals surface area contributed by atoms with Crippen LogP contribution >= 0.6 is 0 Å². The molecular weight excluding hydrogens is 112 g/mol. The Morgan fingerprint density at radius 3 is 2.89 bits per heavy atom. The maximum absolute atomic E-state index is 4.03. The molecule has 0 aromatic rings. The fourth-order valence-electron chi connectivity index (χ4n) is 0.940. The molecule has 0 aromatic heterocycles. The molecule has 0 aromatic carbocycles. The number of rotatable bonds is 1. The van der Waals surface area contributed by atoms with Gasteiger partial charge in [-0.1, -0.05) is 13.8 Å². The number of hydrazone groups is 1. The third-order valence-electron chi connectivity index (χ3n) is 2.08. The van der Waals surface area contributed by atoms with Gasteiger partial charge >= 0.3 is 0 Å². The molecule has 52 valence electrons. The first kappa shape index (κ1) is 6.59. The minimum atomic E-state index is 0.366. The second-order valence-electron chi connectivity index (χ2n) is 2.92. The Morgan fingerprint density at radius 2 is 2.56 bits per heavy atom. The average Bonchev–Trinajstić information content (AvgIpc) is 1.90. The molecule has 0 saturated carbocycles. The quantitative estimate of drug-likeness (QED) is 0.564. The minimum absolute atomic E-state index is 0.366. The zero-order valence-corrected chi connectivity index (χ0v) is 6.15. The molecule has 0 bridgehead atoms. The van der Waals surface area contributed by atoms with Gasteiger partial charge in [0.05, 0.1) is 0 Å². The van der Waals surface area contributed by atoms with Crippen LogP contribution in [-0.4, -0.2) is 12.8 Å². The second-order valence-corrected chi connectivity index (χ2v) is 2.92. The molecule has 1 aliphatic heterocycles. The molecule has 0 spiro atoms. The van der Waals surface area contributed by atoms with Crippen molar-refractivity contribution in [3.05, 3.63) is 0 Å². The zero-order valence-electron chi connectivity index (χ0n) is 6.15. The van der Waals surface area contributed by atoms with Crippen LogP contribution in [0.15, 0.2) is 5.10 Å². The van der Waals surface area contributed by atoms with Gasteiger partial charge < -0.3 is 5.43 Å².